The van der Waals surface area contributed by atoms with Crippen LogP contribution >= 0.6 is 0 Å². The number of fused-ring (bicyclic) bond motifs is 3. The van der Waals surface area contributed by atoms with Gasteiger partial charge in [0.05, 0.1) is 11.6 Å². The summed E-state index contributed by atoms with van der Waals surface area (Å²) in [5.41, 5.74) is 2.74. The van der Waals surface area contributed by atoms with Crippen LogP contribution in [0.2, 0.25) is 0 Å². The van der Waals surface area contributed by atoms with E-state index < -0.39 is 58.0 Å². The number of Topliss-reactive ketones (excluding diaryl/α,β-unsaturated/α-hetero) is 2. The third-order valence-corrected chi connectivity index (χ3v) is 8.19. The Morgan fingerprint density at radius 1 is 1.03 bits per heavy atom. The maximum atomic E-state index is 13.9. The molecule has 1 aromatic rings. The summed E-state index contributed by atoms with van der Waals surface area (Å²) in [5, 5.41) is 44.2. The molecule has 35 heavy (non-hydrogen) atoms. The van der Waals surface area contributed by atoms with Gasteiger partial charge in [0.1, 0.15) is 22.8 Å². The van der Waals surface area contributed by atoms with E-state index in [2.05, 4.69) is 0 Å². The largest absolute Gasteiger partial charge is 0.508 e. The lowest BCUT2D eigenvalue weighted by molar-refractivity contribution is -0.155. The van der Waals surface area contributed by atoms with Crippen LogP contribution in [0, 0.1) is 11.8 Å². The second kappa shape index (κ2) is 8.49. The molecule has 0 bridgehead atoms. The van der Waals surface area contributed by atoms with Crippen LogP contribution in [-0.2, 0) is 20.8 Å². The molecule has 6 N–H and O–H groups in total. The number of primary amides is 1. The standard InChI is InChI=1S/C26H30N2O7/c27-25(34)19-22(31)20(28-9-4-2-1-3-5-10-28)15-12-14-11-13-7-6-8-16(29)17(13)21(30)18(14)23(32)26(15,35)24(19)33/h6-8,14-15,20,29-30,33,35H,1-5,9-12H2,(H2,27,34)/t14-,15-,20+,26-/m0/s1. The molecule has 1 saturated carbocycles. The van der Waals surface area contributed by atoms with Crippen molar-refractivity contribution in [1.29, 1.82) is 0 Å². The normalized spacial score (nSPS) is 31.9. The van der Waals surface area contributed by atoms with Gasteiger partial charge in [-0.2, -0.15) is 0 Å². The smallest absolute Gasteiger partial charge is 0.255 e. The molecule has 2 fully saturated rings. The number of aliphatic hydroxyl groups is 3. The zero-order valence-corrected chi connectivity index (χ0v) is 19.4. The predicted octanol–water partition coefficient (Wildman–Crippen LogP) is 1.67. The van der Waals surface area contributed by atoms with E-state index in [4.69, 9.17) is 5.73 Å². The Morgan fingerprint density at radius 2 is 1.69 bits per heavy atom. The quantitative estimate of drug-likeness (QED) is 0.398. The minimum absolute atomic E-state index is 0.111. The molecule has 0 spiro atoms. The van der Waals surface area contributed by atoms with Crippen molar-refractivity contribution in [1.82, 2.24) is 4.90 Å². The first-order chi connectivity index (χ1) is 16.7. The molecule has 0 unspecified atom stereocenters. The van der Waals surface area contributed by atoms with Gasteiger partial charge < -0.3 is 26.2 Å². The van der Waals surface area contributed by atoms with Crippen molar-refractivity contribution in [2.24, 2.45) is 17.6 Å². The van der Waals surface area contributed by atoms with Gasteiger partial charge in [-0.1, -0.05) is 31.4 Å². The molecule has 9 nitrogen and oxygen atoms in total. The Balaban J connectivity index is 1.68. The molecule has 3 aliphatic carbocycles. The fourth-order valence-electron chi connectivity index (χ4n) is 6.56. The zero-order valence-electron chi connectivity index (χ0n) is 19.4. The van der Waals surface area contributed by atoms with Crippen LogP contribution in [0.5, 0.6) is 5.75 Å². The van der Waals surface area contributed by atoms with E-state index >= 15 is 0 Å². The third kappa shape index (κ3) is 3.40. The van der Waals surface area contributed by atoms with Crippen molar-refractivity contribution in [3.8, 4) is 5.75 Å². The molecular weight excluding hydrogens is 452 g/mol. The summed E-state index contributed by atoms with van der Waals surface area (Å²) in [6.45, 7) is 1.11. The number of hydrogen-bond donors (Lipinski definition) is 5. The second-order valence-corrected chi connectivity index (χ2v) is 10.1. The zero-order chi connectivity index (χ0) is 25.1. The van der Waals surface area contributed by atoms with Crippen LogP contribution in [-0.4, -0.2) is 67.5 Å². The molecule has 1 amide bonds. The number of carbonyl (C=O) groups excluding carboxylic acids is 3. The van der Waals surface area contributed by atoms with Gasteiger partial charge in [-0.15, -0.1) is 0 Å². The number of hydrogen-bond acceptors (Lipinski definition) is 8. The summed E-state index contributed by atoms with van der Waals surface area (Å²) in [4.78, 5) is 41.6. The fraction of sp³-hybridized carbons (Fsp3) is 0.500. The number of carbonyl (C=O) groups is 3. The van der Waals surface area contributed by atoms with E-state index in [1.165, 1.54) is 6.07 Å². The number of phenolic OH excluding ortho intramolecular Hbond substituents is 1. The third-order valence-electron chi connectivity index (χ3n) is 8.19. The first-order valence-corrected chi connectivity index (χ1v) is 12.2. The van der Waals surface area contributed by atoms with Gasteiger partial charge in [-0.05, 0) is 56.3 Å². The van der Waals surface area contributed by atoms with Gasteiger partial charge >= 0.3 is 0 Å². The molecule has 1 aromatic carbocycles. The lowest BCUT2D eigenvalue weighted by Gasteiger charge is -2.51. The van der Waals surface area contributed by atoms with Crippen molar-refractivity contribution < 1.29 is 34.8 Å². The van der Waals surface area contributed by atoms with E-state index in [0.717, 1.165) is 32.1 Å². The monoisotopic (exact) mass is 482 g/mol. The molecule has 4 atom stereocenters. The Hall–Kier alpha value is -3.17. The molecular formula is C26H30N2O7. The van der Waals surface area contributed by atoms with Crippen LogP contribution in [0.15, 0.2) is 35.1 Å². The summed E-state index contributed by atoms with van der Waals surface area (Å²) in [7, 11) is 0. The van der Waals surface area contributed by atoms with Gasteiger partial charge in [-0.25, -0.2) is 0 Å². The summed E-state index contributed by atoms with van der Waals surface area (Å²) in [6.07, 6.45) is 5.15. The number of likely N-dealkylation sites (tertiary alicyclic amines) is 1. The van der Waals surface area contributed by atoms with Gasteiger partial charge in [-0.3, -0.25) is 19.3 Å². The topological polar surface area (TPSA) is 161 Å². The van der Waals surface area contributed by atoms with E-state index in [1.54, 1.807) is 12.1 Å². The highest BCUT2D eigenvalue weighted by Gasteiger charge is 2.64. The Labute approximate surface area is 202 Å². The van der Waals surface area contributed by atoms with Crippen LogP contribution in [0.1, 0.15) is 49.7 Å². The lowest BCUT2D eigenvalue weighted by Crippen LogP contribution is -2.66. The van der Waals surface area contributed by atoms with Crippen LogP contribution < -0.4 is 5.73 Å². The molecule has 1 aliphatic heterocycles. The van der Waals surface area contributed by atoms with Crippen molar-refractivity contribution >= 4 is 23.2 Å². The summed E-state index contributed by atoms with van der Waals surface area (Å²) in [5.74, 6) is -6.12. The van der Waals surface area contributed by atoms with Crippen molar-refractivity contribution in [2.75, 3.05) is 13.1 Å². The SMILES string of the molecule is NC(=O)C1=C(O)[C@@]2(O)C(=O)C3=C(O)c4c(O)cccc4C[C@H]3C[C@H]2[C@@H](N2CCCCCCC2)C1=O. The number of aromatic hydroxyl groups is 1. The molecule has 1 saturated heterocycles. The van der Waals surface area contributed by atoms with E-state index in [0.29, 0.717) is 25.1 Å². The van der Waals surface area contributed by atoms with Gasteiger partial charge in [0.15, 0.2) is 11.4 Å². The van der Waals surface area contributed by atoms with E-state index in [1.807, 2.05) is 4.90 Å². The van der Waals surface area contributed by atoms with Crippen LogP contribution in [0.25, 0.3) is 5.76 Å². The Kier molecular flexibility index (Phi) is 5.72. The highest BCUT2D eigenvalue weighted by Crippen LogP contribution is 2.52. The number of ketones is 2. The molecule has 9 heteroatoms. The van der Waals surface area contributed by atoms with Gasteiger partial charge in [0.2, 0.25) is 5.78 Å². The molecule has 5 rings (SSSR count). The molecule has 186 valence electrons. The maximum Gasteiger partial charge on any atom is 0.255 e. The second-order valence-electron chi connectivity index (χ2n) is 10.1. The van der Waals surface area contributed by atoms with Crippen molar-refractivity contribution in [3.63, 3.8) is 0 Å². The summed E-state index contributed by atoms with van der Waals surface area (Å²) in [6, 6.07) is 3.78. The van der Waals surface area contributed by atoms with Crippen LogP contribution in [0.4, 0.5) is 0 Å². The molecule has 0 aromatic heterocycles. The van der Waals surface area contributed by atoms with Gasteiger partial charge in [0, 0.05) is 11.5 Å². The first-order valence-electron chi connectivity index (χ1n) is 12.2. The average molecular weight is 483 g/mol. The van der Waals surface area contributed by atoms with Crippen molar-refractivity contribution in [3.05, 3.63) is 46.2 Å². The molecule has 1 heterocycles. The minimum Gasteiger partial charge on any atom is -0.508 e. The summed E-state index contributed by atoms with van der Waals surface area (Å²) < 4.78 is 0. The number of benzene rings is 1. The number of nitrogens with zero attached hydrogens (tertiary/aromatic N) is 1. The number of rotatable bonds is 2. The van der Waals surface area contributed by atoms with E-state index in [9.17, 15) is 34.8 Å². The number of aliphatic hydroxyl groups excluding tert-OH is 2. The van der Waals surface area contributed by atoms with E-state index in [-0.39, 0.29) is 23.3 Å². The lowest BCUT2D eigenvalue weighted by atomic mass is 9.57. The van der Waals surface area contributed by atoms with Crippen LogP contribution in [0.3, 0.4) is 0 Å². The highest BCUT2D eigenvalue weighted by atomic mass is 16.3. The fourth-order valence-corrected chi connectivity index (χ4v) is 6.56. The van der Waals surface area contributed by atoms with Gasteiger partial charge in [0.25, 0.3) is 5.91 Å². The van der Waals surface area contributed by atoms with Crippen molar-refractivity contribution in [2.45, 2.75) is 56.6 Å². The number of phenols is 1. The summed E-state index contributed by atoms with van der Waals surface area (Å²) >= 11 is 0. The highest BCUT2D eigenvalue weighted by molar-refractivity contribution is 6.24. The molecule has 4 aliphatic rings. The number of nitrogens with two attached hydrogens (primary N) is 1. The minimum atomic E-state index is -2.59. The average Bonchev–Trinajstić information content (AvgIpc) is 2.77. The maximum absolute atomic E-state index is 13.9. The Bertz CT molecular complexity index is 1180. The molecule has 0 radical (unpaired) electrons. The Morgan fingerprint density at radius 3 is 2.34 bits per heavy atom. The number of amides is 1. The predicted molar refractivity (Wildman–Crippen MR) is 125 cm³/mol. The first kappa shape index (κ1) is 23.6.